The number of hydrogen-bond donors (Lipinski definition) is 0. The summed E-state index contributed by atoms with van der Waals surface area (Å²) in [5.74, 6) is 0.733. The zero-order valence-corrected chi connectivity index (χ0v) is 11.8. The highest BCUT2D eigenvalue weighted by atomic mass is 15.4. The number of hydrogen-bond acceptors (Lipinski definition) is 4. The molecule has 0 amide bonds. The Bertz CT molecular complexity index is 936. The van der Waals surface area contributed by atoms with E-state index in [0.717, 1.165) is 28.1 Å². The van der Waals surface area contributed by atoms with Gasteiger partial charge in [0.2, 0.25) is 0 Å². The fraction of sp³-hybridized carbons (Fsp3) is 0.200. The lowest BCUT2D eigenvalue weighted by molar-refractivity contribution is 0.533. The highest BCUT2D eigenvalue weighted by molar-refractivity contribution is 5.90. The monoisotopic (exact) mass is 278 g/mol. The number of nitrogens with zero attached hydrogens (tertiary/aromatic N) is 6. The van der Waals surface area contributed by atoms with Crippen molar-refractivity contribution in [3.8, 4) is 0 Å². The van der Waals surface area contributed by atoms with Crippen molar-refractivity contribution >= 4 is 16.6 Å². The molecule has 1 aromatic carbocycles. The van der Waals surface area contributed by atoms with Gasteiger partial charge in [-0.05, 0) is 32.0 Å². The topological polar surface area (TPSA) is 60.9 Å². The Morgan fingerprint density at radius 1 is 1.10 bits per heavy atom. The van der Waals surface area contributed by atoms with Gasteiger partial charge in [-0.1, -0.05) is 12.1 Å². The number of fused-ring (bicyclic) bond motifs is 3. The van der Waals surface area contributed by atoms with Gasteiger partial charge >= 0.3 is 0 Å². The predicted octanol–water partition coefficient (Wildman–Crippen LogP) is 2.39. The van der Waals surface area contributed by atoms with Crippen molar-refractivity contribution in [3.05, 3.63) is 54.4 Å². The van der Waals surface area contributed by atoms with E-state index in [1.807, 2.05) is 55.1 Å². The van der Waals surface area contributed by atoms with Gasteiger partial charge in [0.05, 0.1) is 11.2 Å². The van der Waals surface area contributed by atoms with Crippen molar-refractivity contribution in [1.82, 2.24) is 29.4 Å². The molecule has 1 unspecified atom stereocenters. The second kappa shape index (κ2) is 4.37. The Morgan fingerprint density at radius 3 is 2.76 bits per heavy atom. The SMILES string of the molecule is Cc1ccn(C(C)c2nc3c4ccccc4ncn3n2)n1. The van der Waals surface area contributed by atoms with Gasteiger partial charge in [-0.15, -0.1) is 5.10 Å². The van der Waals surface area contributed by atoms with Gasteiger partial charge in [0, 0.05) is 11.6 Å². The maximum atomic E-state index is 4.68. The molecule has 21 heavy (non-hydrogen) atoms. The highest BCUT2D eigenvalue weighted by Gasteiger charge is 2.16. The second-order valence-corrected chi connectivity index (χ2v) is 5.11. The van der Waals surface area contributed by atoms with E-state index in [1.165, 1.54) is 0 Å². The molecular formula is C15H14N6. The molecule has 0 saturated carbocycles. The van der Waals surface area contributed by atoms with E-state index >= 15 is 0 Å². The summed E-state index contributed by atoms with van der Waals surface area (Å²) in [6.45, 7) is 4.01. The molecule has 0 bridgehead atoms. The molecule has 0 saturated heterocycles. The van der Waals surface area contributed by atoms with Gasteiger partial charge in [-0.2, -0.15) is 5.10 Å². The molecule has 104 valence electrons. The molecule has 6 heteroatoms. The number of aryl methyl sites for hydroxylation is 1. The van der Waals surface area contributed by atoms with Gasteiger partial charge in [0.15, 0.2) is 11.5 Å². The van der Waals surface area contributed by atoms with Gasteiger partial charge < -0.3 is 0 Å². The summed E-state index contributed by atoms with van der Waals surface area (Å²) in [5, 5.41) is 9.96. The van der Waals surface area contributed by atoms with Crippen molar-refractivity contribution in [1.29, 1.82) is 0 Å². The lowest BCUT2D eigenvalue weighted by atomic mass is 10.2. The van der Waals surface area contributed by atoms with Crippen LogP contribution < -0.4 is 0 Å². The molecule has 0 aliphatic carbocycles. The average Bonchev–Trinajstić information content (AvgIpc) is 3.12. The Hall–Kier alpha value is -2.76. The normalized spacial score (nSPS) is 13.0. The van der Waals surface area contributed by atoms with Crippen LogP contribution in [0.1, 0.15) is 24.5 Å². The van der Waals surface area contributed by atoms with E-state index in [1.54, 1.807) is 10.8 Å². The minimum absolute atomic E-state index is 0.0163. The number of aromatic nitrogens is 6. The van der Waals surface area contributed by atoms with Crippen molar-refractivity contribution in [3.63, 3.8) is 0 Å². The highest BCUT2D eigenvalue weighted by Crippen LogP contribution is 2.19. The quantitative estimate of drug-likeness (QED) is 0.565. The summed E-state index contributed by atoms with van der Waals surface area (Å²) in [6.07, 6.45) is 3.65. The summed E-state index contributed by atoms with van der Waals surface area (Å²) in [6, 6.07) is 9.90. The van der Waals surface area contributed by atoms with Crippen LogP contribution in [-0.4, -0.2) is 29.4 Å². The summed E-state index contributed by atoms with van der Waals surface area (Å²) < 4.78 is 3.60. The van der Waals surface area contributed by atoms with Crippen molar-refractivity contribution in [2.24, 2.45) is 0 Å². The van der Waals surface area contributed by atoms with Gasteiger partial charge in [-0.3, -0.25) is 4.68 Å². The molecule has 3 heterocycles. The van der Waals surface area contributed by atoms with Crippen molar-refractivity contribution in [2.75, 3.05) is 0 Å². The largest absolute Gasteiger partial charge is 0.262 e. The Balaban J connectivity index is 1.88. The first-order valence-electron chi connectivity index (χ1n) is 6.84. The first kappa shape index (κ1) is 12.0. The third-order valence-corrected chi connectivity index (χ3v) is 3.61. The van der Waals surface area contributed by atoms with Gasteiger partial charge in [0.25, 0.3) is 0 Å². The molecule has 6 nitrogen and oxygen atoms in total. The second-order valence-electron chi connectivity index (χ2n) is 5.11. The first-order valence-corrected chi connectivity index (χ1v) is 6.84. The lowest BCUT2D eigenvalue weighted by Crippen LogP contribution is -2.09. The Kier molecular flexibility index (Phi) is 2.50. The van der Waals surface area contributed by atoms with Gasteiger partial charge in [-0.25, -0.2) is 14.5 Å². The average molecular weight is 278 g/mol. The van der Waals surface area contributed by atoms with E-state index in [9.17, 15) is 0 Å². The van der Waals surface area contributed by atoms with E-state index in [0.29, 0.717) is 0 Å². The third-order valence-electron chi connectivity index (χ3n) is 3.61. The first-order chi connectivity index (χ1) is 10.2. The Morgan fingerprint density at radius 2 is 1.95 bits per heavy atom. The zero-order valence-electron chi connectivity index (χ0n) is 11.8. The molecule has 3 aromatic heterocycles. The molecule has 4 aromatic rings. The van der Waals surface area contributed by atoms with Crippen LogP contribution >= 0.6 is 0 Å². The molecule has 4 rings (SSSR count). The van der Waals surface area contributed by atoms with E-state index in [4.69, 9.17) is 0 Å². The molecule has 0 aliphatic rings. The lowest BCUT2D eigenvalue weighted by Gasteiger charge is -2.06. The van der Waals surface area contributed by atoms with Crippen LogP contribution in [0.2, 0.25) is 0 Å². The molecule has 0 aliphatic heterocycles. The fourth-order valence-electron chi connectivity index (χ4n) is 2.44. The fourth-order valence-corrected chi connectivity index (χ4v) is 2.44. The third kappa shape index (κ3) is 1.87. The minimum atomic E-state index is -0.0163. The summed E-state index contributed by atoms with van der Waals surface area (Å²) in [7, 11) is 0. The predicted molar refractivity (Wildman–Crippen MR) is 79.1 cm³/mol. The summed E-state index contributed by atoms with van der Waals surface area (Å²) in [4.78, 5) is 9.07. The van der Waals surface area contributed by atoms with E-state index in [-0.39, 0.29) is 6.04 Å². The standard InChI is InChI=1S/C15H14N6/c1-10-7-8-20(18-10)11(2)14-17-15-12-5-3-4-6-13(12)16-9-21(15)19-14/h3-9,11H,1-2H3. The minimum Gasteiger partial charge on any atom is -0.262 e. The number of rotatable bonds is 2. The Labute approximate surface area is 121 Å². The van der Waals surface area contributed by atoms with Crippen LogP contribution in [0.3, 0.4) is 0 Å². The van der Waals surface area contributed by atoms with Crippen LogP contribution in [0.5, 0.6) is 0 Å². The zero-order chi connectivity index (χ0) is 14.4. The molecular weight excluding hydrogens is 264 g/mol. The molecule has 0 spiro atoms. The number of benzene rings is 1. The summed E-state index contributed by atoms with van der Waals surface area (Å²) in [5.41, 5.74) is 2.73. The van der Waals surface area contributed by atoms with Crippen LogP contribution in [0, 0.1) is 6.92 Å². The van der Waals surface area contributed by atoms with Crippen molar-refractivity contribution in [2.45, 2.75) is 19.9 Å². The summed E-state index contributed by atoms with van der Waals surface area (Å²) >= 11 is 0. The molecule has 0 fully saturated rings. The van der Waals surface area contributed by atoms with E-state index in [2.05, 4.69) is 20.2 Å². The number of para-hydroxylation sites is 1. The smallest absolute Gasteiger partial charge is 0.176 e. The maximum Gasteiger partial charge on any atom is 0.176 e. The van der Waals surface area contributed by atoms with Crippen LogP contribution in [0.15, 0.2) is 42.9 Å². The van der Waals surface area contributed by atoms with Gasteiger partial charge in [0.1, 0.15) is 12.4 Å². The maximum absolute atomic E-state index is 4.68. The van der Waals surface area contributed by atoms with Crippen LogP contribution in [0.25, 0.3) is 16.6 Å². The molecule has 0 radical (unpaired) electrons. The van der Waals surface area contributed by atoms with Crippen LogP contribution in [-0.2, 0) is 0 Å². The van der Waals surface area contributed by atoms with E-state index < -0.39 is 0 Å². The molecule has 0 N–H and O–H groups in total. The molecule has 1 atom stereocenters. The van der Waals surface area contributed by atoms with Crippen molar-refractivity contribution < 1.29 is 0 Å². The van der Waals surface area contributed by atoms with Crippen LogP contribution in [0.4, 0.5) is 0 Å².